The molecule has 0 fully saturated rings. The van der Waals surface area contributed by atoms with Gasteiger partial charge < -0.3 is 9.67 Å². The lowest BCUT2D eigenvalue weighted by molar-refractivity contribution is 0.0685. The van der Waals surface area contributed by atoms with Gasteiger partial charge in [-0.3, -0.25) is 0 Å². The van der Waals surface area contributed by atoms with E-state index >= 15 is 0 Å². The van der Waals surface area contributed by atoms with Gasteiger partial charge in [0, 0.05) is 16.3 Å². The van der Waals surface area contributed by atoms with Gasteiger partial charge in [-0.2, -0.15) is 0 Å². The first-order valence-electron chi connectivity index (χ1n) is 5.77. The van der Waals surface area contributed by atoms with E-state index in [9.17, 15) is 4.79 Å². The predicted molar refractivity (Wildman–Crippen MR) is 79.0 cm³/mol. The second kappa shape index (κ2) is 5.56. The number of aryl methyl sites for hydroxylation is 1. The number of aromatic nitrogens is 1. The molecule has 1 aromatic carbocycles. The van der Waals surface area contributed by atoms with Crippen LogP contribution in [0.5, 0.6) is 0 Å². The summed E-state index contributed by atoms with van der Waals surface area (Å²) in [5.74, 6) is -0.883. The van der Waals surface area contributed by atoms with Crippen molar-refractivity contribution < 1.29 is 9.90 Å². The molecule has 2 rings (SSSR count). The van der Waals surface area contributed by atoms with Crippen LogP contribution >= 0.6 is 22.6 Å². The topological polar surface area (TPSA) is 42.2 Å². The van der Waals surface area contributed by atoms with Crippen LogP contribution < -0.4 is 0 Å². The van der Waals surface area contributed by atoms with Crippen LogP contribution in [0.1, 0.15) is 28.5 Å². The zero-order valence-corrected chi connectivity index (χ0v) is 12.2. The van der Waals surface area contributed by atoms with E-state index in [2.05, 4.69) is 41.6 Å². The highest BCUT2D eigenvalue weighted by atomic mass is 127. The van der Waals surface area contributed by atoms with Gasteiger partial charge in [0.25, 0.3) is 0 Å². The van der Waals surface area contributed by atoms with Crippen LogP contribution in [0, 0.1) is 3.57 Å². The monoisotopic (exact) mass is 355 g/mol. The smallest absolute Gasteiger partial charge is 0.352 e. The summed E-state index contributed by atoms with van der Waals surface area (Å²) in [7, 11) is 0. The standard InChI is InChI=1S/C14H14INO2/c1-2-10-5-3-4-6-11(10)8-16-9-12(15)7-13(16)14(17)18/h3-7,9H,2,8H2,1H3,(H,17,18). The molecule has 0 aliphatic rings. The number of carboxylic acids is 1. The molecular weight excluding hydrogens is 341 g/mol. The Balaban J connectivity index is 2.36. The van der Waals surface area contributed by atoms with Gasteiger partial charge in [0.05, 0.1) is 0 Å². The van der Waals surface area contributed by atoms with Gasteiger partial charge in [0.2, 0.25) is 0 Å². The van der Waals surface area contributed by atoms with Gasteiger partial charge in [0.15, 0.2) is 0 Å². The Morgan fingerprint density at radius 1 is 1.33 bits per heavy atom. The molecule has 1 heterocycles. The fourth-order valence-electron chi connectivity index (χ4n) is 2.02. The molecule has 0 spiro atoms. The van der Waals surface area contributed by atoms with Crippen LogP contribution in [-0.4, -0.2) is 15.6 Å². The van der Waals surface area contributed by atoms with E-state index in [1.807, 2.05) is 18.3 Å². The number of hydrogen-bond acceptors (Lipinski definition) is 1. The molecule has 0 bridgehead atoms. The van der Waals surface area contributed by atoms with Gasteiger partial charge in [0.1, 0.15) is 5.69 Å². The molecular formula is C14H14INO2. The Kier molecular flexibility index (Phi) is 4.06. The minimum absolute atomic E-state index is 0.338. The van der Waals surface area contributed by atoms with Gasteiger partial charge in [-0.15, -0.1) is 0 Å². The first-order valence-corrected chi connectivity index (χ1v) is 6.85. The van der Waals surface area contributed by atoms with Crippen molar-refractivity contribution in [3.05, 3.63) is 56.9 Å². The van der Waals surface area contributed by atoms with Crippen molar-refractivity contribution in [2.45, 2.75) is 19.9 Å². The maximum Gasteiger partial charge on any atom is 0.352 e. The molecule has 1 N–H and O–H groups in total. The maximum atomic E-state index is 11.2. The fraction of sp³-hybridized carbons (Fsp3) is 0.214. The Labute approximate surface area is 120 Å². The average molecular weight is 355 g/mol. The Bertz CT molecular complexity index is 575. The Morgan fingerprint density at radius 2 is 2.00 bits per heavy atom. The molecule has 2 aromatic rings. The molecule has 94 valence electrons. The largest absolute Gasteiger partial charge is 0.477 e. The summed E-state index contributed by atoms with van der Waals surface area (Å²) in [4.78, 5) is 11.2. The van der Waals surface area contributed by atoms with Crippen molar-refractivity contribution >= 4 is 28.6 Å². The van der Waals surface area contributed by atoms with Crippen molar-refractivity contribution in [2.24, 2.45) is 0 Å². The van der Waals surface area contributed by atoms with E-state index in [1.54, 1.807) is 10.6 Å². The van der Waals surface area contributed by atoms with E-state index in [4.69, 9.17) is 5.11 Å². The Hall–Kier alpha value is -1.30. The molecule has 0 aliphatic carbocycles. The summed E-state index contributed by atoms with van der Waals surface area (Å²) in [6, 6.07) is 9.84. The highest BCUT2D eigenvalue weighted by Gasteiger charge is 2.12. The van der Waals surface area contributed by atoms with Crippen molar-refractivity contribution in [1.82, 2.24) is 4.57 Å². The predicted octanol–water partition coefficient (Wildman–Crippen LogP) is 3.40. The van der Waals surface area contributed by atoms with E-state index in [1.165, 1.54) is 11.1 Å². The lowest BCUT2D eigenvalue weighted by Crippen LogP contribution is -2.09. The number of aromatic carboxylic acids is 1. The van der Waals surface area contributed by atoms with Crippen LogP contribution in [0.4, 0.5) is 0 Å². The van der Waals surface area contributed by atoms with Gasteiger partial charge >= 0.3 is 5.97 Å². The number of benzene rings is 1. The maximum absolute atomic E-state index is 11.2. The minimum Gasteiger partial charge on any atom is -0.477 e. The second-order valence-electron chi connectivity index (χ2n) is 4.10. The molecule has 0 aliphatic heterocycles. The number of nitrogens with zero attached hydrogens (tertiary/aromatic N) is 1. The summed E-state index contributed by atoms with van der Waals surface area (Å²) in [6.07, 6.45) is 2.83. The van der Waals surface area contributed by atoms with Crippen LogP contribution in [0.15, 0.2) is 36.5 Å². The van der Waals surface area contributed by atoms with Crippen LogP contribution in [0.2, 0.25) is 0 Å². The number of carbonyl (C=O) groups is 1. The van der Waals surface area contributed by atoms with E-state index in [0.29, 0.717) is 12.2 Å². The van der Waals surface area contributed by atoms with Gasteiger partial charge in [-0.1, -0.05) is 31.2 Å². The quantitative estimate of drug-likeness (QED) is 0.855. The molecule has 0 amide bonds. The first kappa shape index (κ1) is 13.1. The van der Waals surface area contributed by atoms with Crippen molar-refractivity contribution in [3.8, 4) is 0 Å². The molecule has 0 saturated carbocycles. The van der Waals surface area contributed by atoms with Crippen LogP contribution in [0.25, 0.3) is 0 Å². The zero-order valence-electron chi connectivity index (χ0n) is 10.1. The summed E-state index contributed by atoms with van der Waals surface area (Å²) < 4.78 is 2.73. The van der Waals surface area contributed by atoms with E-state index < -0.39 is 5.97 Å². The molecule has 0 atom stereocenters. The van der Waals surface area contributed by atoms with Crippen LogP contribution in [0.3, 0.4) is 0 Å². The minimum atomic E-state index is -0.883. The molecule has 0 saturated heterocycles. The molecule has 18 heavy (non-hydrogen) atoms. The number of rotatable bonds is 4. The van der Waals surface area contributed by atoms with Crippen molar-refractivity contribution in [1.29, 1.82) is 0 Å². The third kappa shape index (κ3) is 2.75. The summed E-state index contributed by atoms with van der Waals surface area (Å²) >= 11 is 2.14. The van der Waals surface area contributed by atoms with Gasteiger partial charge in [-0.05, 0) is 46.2 Å². The lowest BCUT2D eigenvalue weighted by atomic mass is 10.1. The van der Waals surface area contributed by atoms with E-state index in [0.717, 1.165) is 9.99 Å². The van der Waals surface area contributed by atoms with Crippen LogP contribution in [-0.2, 0) is 13.0 Å². The number of hydrogen-bond donors (Lipinski definition) is 1. The first-order chi connectivity index (χ1) is 8.61. The molecule has 0 unspecified atom stereocenters. The summed E-state index contributed by atoms with van der Waals surface area (Å²) in [5.41, 5.74) is 2.78. The van der Waals surface area contributed by atoms with Crippen molar-refractivity contribution in [3.63, 3.8) is 0 Å². The Morgan fingerprint density at radius 3 is 2.61 bits per heavy atom. The molecule has 3 nitrogen and oxygen atoms in total. The summed E-state index contributed by atoms with van der Waals surface area (Å²) in [5, 5.41) is 9.16. The highest BCUT2D eigenvalue weighted by molar-refractivity contribution is 14.1. The average Bonchev–Trinajstić information content (AvgIpc) is 2.71. The third-order valence-corrected chi connectivity index (χ3v) is 3.51. The SMILES string of the molecule is CCc1ccccc1Cn1cc(I)cc1C(=O)O. The van der Waals surface area contributed by atoms with Crippen molar-refractivity contribution in [2.75, 3.05) is 0 Å². The normalized spacial score (nSPS) is 10.6. The molecule has 0 radical (unpaired) electrons. The summed E-state index contributed by atoms with van der Waals surface area (Å²) in [6.45, 7) is 2.71. The zero-order chi connectivity index (χ0) is 13.1. The third-order valence-electron chi connectivity index (χ3n) is 2.92. The highest BCUT2D eigenvalue weighted by Crippen LogP contribution is 2.16. The molecule has 4 heteroatoms. The number of carboxylic acid groups (broad SMARTS) is 1. The number of halogens is 1. The van der Waals surface area contributed by atoms with E-state index in [-0.39, 0.29) is 0 Å². The second-order valence-corrected chi connectivity index (χ2v) is 5.34. The van der Waals surface area contributed by atoms with Gasteiger partial charge in [-0.25, -0.2) is 4.79 Å². The molecule has 1 aromatic heterocycles. The lowest BCUT2D eigenvalue weighted by Gasteiger charge is -2.10. The fourth-order valence-corrected chi connectivity index (χ4v) is 2.66.